The van der Waals surface area contributed by atoms with E-state index in [9.17, 15) is 9.59 Å². The fraction of sp³-hybridized carbons (Fsp3) is 0.480. The van der Waals surface area contributed by atoms with E-state index in [2.05, 4.69) is 17.9 Å². The van der Waals surface area contributed by atoms with Crippen LogP contribution in [0.5, 0.6) is 0 Å². The summed E-state index contributed by atoms with van der Waals surface area (Å²) in [6.45, 7) is 7.92. The van der Waals surface area contributed by atoms with E-state index in [0.717, 1.165) is 53.6 Å². The molecule has 0 aliphatic carbocycles. The van der Waals surface area contributed by atoms with Crippen molar-refractivity contribution in [3.63, 3.8) is 0 Å². The lowest BCUT2D eigenvalue weighted by Gasteiger charge is -2.37. The normalized spacial score (nSPS) is 21.3. The van der Waals surface area contributed by atoms with Crippen LogP contribution in [0.4, 0.5) is 0 Å². The molecule has 0 bridgehead atoms. The fourth-order valence-corrected chi connectivity index (χ4v) is 5.53. The lowest BCUT2D eigenvalue weighted by molar-refractivity contribution is -0.136. The van der Waals surface area contributed by atoms with E-state index in [1.807, 2.05) is 42.4 Å². The van der Waals surface area contributed by atoms with Gasteiger partial charge in [-0.15, -0.1) is 0 Å². The lowest BCUT2D eigenvalue weighted by atomic mass is 9.92. The standard InChI is InChI=1S/C25H31N3O3S/c1-5-20-22(24(30)31-4)23(18-8-6-7-17(3)13-18)28-19(15-32-25(28)26-20)14-21(29)27-11-9-16(2)10-12-27/h6-8,13,15-16,23H,5,9-12,14H2,1-4H3. The van der Waals surface area contributed by atoms with Gasteiger partial charge in [0.15, 0.2) is 5.17 Å². The number of ether oxygens (including phenoxy) is 1. The maximum atomic E-state index is 13.1. The van der Waals surface area contributed by atoms with E-state index >= 15 is 0 Å². The molecular weight excluding hydrogens is 422 g/mol. The highest BCUT2D eigenvalue weighted by atomic mass is 32.2. The molecule has 1 atom stereocenters. The van der Waals surface area contributed by atoms with Gasteiger partial charge in [-0.25, -0.2) is 9.79 Å². The van der Waals surface area contributed by atoms with Crippen LogP contribution in [-0.4, -0.2) is 47.0 Å². The van der Waals surface area contributed by atoms with Gasteiger partial charge in [0.1, 0.15) is 0 Å². The topological polar surface area (TPSA) is 62.2 Å². The largest absolute Gasteiger partial charge is 0.466 e. The molecule has 32 heavy (non-hydrogen) atoms. The molecule has 1 saturated heterocycles. The van der Waals surface area contributed by atoms with E-state index < -0.39 is 0 Å². The minimum absolute atomic E-state index is 0.137. The van der Waals surface area contributed by atoms with Crippen molar-refractivity contribution in [2.75, 3.05) is 20.2 Å². The molecule has 0 saturated carbocycles. The first-order valence-electron chi connectivity index (χ1n) is 11.3. The van der Waals surface area contributed by atoms with Crippen molar-refractivity contribution in [2.24, 2.45) is 10.9 Å². The second-order valence-corrected chi connectivity index (χ2v) is 9.59. The number of amidine groups is 1. The third kappa shape index (κ3) is 4.35. The Kier molecular flexibility index (Phi) is 6.74. The first kappa shape index (κ1) is 22.6. The molecule has 3 aliphatic rings. The van der Waals surface area contributed by atoms with Crippen molar-refractivity contribution in [1.82, 2.24) is 9.80 Å². The SMILES string of the molecule is CCC1=C(C(=O)OC)C(c2cccc(C)c2)N2C(CC(=O)N3CCC(C)CC3)=CSC2=N1. The Balaban J connectivity index is 1.69. The average Bonchev–Trinajstić information content (AvgIpc) is 3.19. The summed E-state index contributed by atoms with van der Waals surface area (Å²) in [5.74, 6) is 0.439. The van der Waals surface area contributed by atoms with Crippen molar-refractivity contribution >= 4 is 28.8 Å². The molecule has 0 spiro atoms. The van der Waals surface area contributed by atoms with Crippen molar-refractivity contribution in [1.29, 1.82) is 0 Å². The monoisotopic (exact) mass is 453 g/mol. The van der Waals surface area contributed by atoms with Gasteiger partial charge >= 0.3 is 5.97 Å². The number of hydrogen-bond donors (Lipinski definition) is 0. The van der Waals surface area contributed by atoms with Gasteiger partial charge in [-0.2, -0.15) is 0 Å². The molecular formula is C25H31N3O3S. The quantitative estimate of drug-likeness (QED) is 0.601. The molecule has 0 aromatic heterocycles. The zero-order valence-corrected chi connectivity index (χ0v) is 20.1. The van der Waals surface area contributed by atoms with Crippen LogP contribution in [0.1, 0.15) is 56.7 Å². The van der Waals surface area contributed by atoms with E-state index in [1.165, 1.54) is 18.9 Å². The summed E-state index contributed by atoms with van der Waals surface area (Å²) >= 11 is 1.52. The second kappa shape index (κ2) is 9.53. The highest BCUT2D eigenvalue weighted by Crippen LogP contribution is 2.45. The number of fused-ring (bicyclic) bond motifs is 1. The van der Waals surface area contributed by atoms with Gasteiger partial charge < -0.3 is 14.5 Å². The predicted molar refractivity (Wildman–Crippen MR) is 128 cm³/mol. The number of thioether (sulfide) groups is 1. The number of methoxy groups -OCH3 is 1. The van der Waals surface area contributed by atoms with Gasteiger partial charge in [-0.3, -0.25) is 4.79 Å². The van der Waals surface area contributed by atoms with Crippen LogP contribution in [0.2, 0.25) is 0 Å². The molecule has 1 fully saturated rings. The molecule has 3 aliphatic heterocycles. The van der Waals surface area contributed by atoms with Crippen LogP contribution >= 0.6 is 11.8 Å². The van der Waals surface area contributed by atoms with E-state index in [1.54, 1.807) is 0 Å². The molecule has 6 nitrogen and oxygen atoms in total. The Morgan fingerprint density at radius 3 is 2.66 bits per heavy atom. The van der Waals surface area contributed by atoms with Gasteiger partial charge in [0.05, 0.1) is 30.8 Å². The number of benzene rings is 1. The summed E-state index contributed by atoms with van der Waals surface area (Å²) in [7, 11) is 1.41. The highest BCUT2D eigenvalue weighted by Gasteiger charge is 2.41. The minimum atomic E-state index is -0.372. The fourth-order valence-electron chi connectivity index (χ4n) is 4.59. The van der Waals surface area contributed by atoms with Crippen molar-refractivity contribution in [2.45, 2.75) is 52.5 Å². The van der Waals surface area contributed by atoms with Gasteiger partial charge in [0.2, 0.25) is 5.91 Å². The first-order chi connectivity index (χ1) is 15.4. The smallest absolute Gasteiger partial charge is 0.338 e. The average molecular weight is 454 g/mol. The number of nitrogens with zero attached hydrogens (tertiary/aromatic N) is 3. The number of likely N-dealkylation sites (tertiary alicyclic amines) is 1. The molecule has 0 radical (unpaired) electrons. The summed E-state index contributed by atoms with van der Waals surface area (Å²) in [6, 6.07) is 7.81. The number of aryl methyl sites for hydroxylation is 1. The molecule has 3 heterocycles. The molecule has 1 aromatic rings. The Labute approximate surface area is 194 Å². The van der Waals surface area contributed by atoms with E-state index in [0.29, 0.717) is 24.3 Å². The van der Waals surface area contributed by atoms with Crippen molar-refractivity contribution in [3.05, 3.63) is 57.8 Å². The number of hydrogen-bond acceptors (Lipinski definition) is 6. The third-order valence-electron chi connectivity index (χ3n) is 6.46. The number of rotatable bonds is 5. The molecule has 7 heteroatoms. The van der Waals surface area contributed by atoms with Crippen LogP contribution in [0.25, 0.3) is 0 Å². The van der Waals surface area contributed by atoms with Gasteiger partial charge in [-0.05, 0) is 43.1 Å². The van der Waals surface area contributed by atoms with Crippen molar-refractivity contribution < 1.29 is 14.3 Å². The summed E-state index contributed by atoms with van der Waals surface area (Å²) in [5, 5.41) is 2.83. The number of carbonyl (C=O) groups excluding carboxylic acids is 2. The van der Waals surface area contributed by atoms with Crippen LogP contribution in [0.3, 0.4) is 0 Å². The Bertz CT molecular complexity index is 1010. The maximum absolute atomic E-state index is 13.1. The third-order valence-corrected chi connectivity index (χ3v) is 7.34. The Hall–Kier alpha value is -2.54. The number of esters is 1. The second-order valence-electron chi connectivity index (χ2n) is 8.75. The zero-order chi connectivity index (χ0) is 22.8. The minimum Gasteiger partial charge on any atom is -0.466 e. The number of carbonyl (C=O) groups is 2. The number of amides is 1. The molecule has 4 rings (SSSR count). The summed E-state index contributed by atoms with van der Waals surface area (Å²) in [6.07, 6.45) is 3.04. The van der Waals surface area contributed by atoms with Crippen LogP contribution in [0.15, 0.2) is 51.6 Å². The van der Waals surface area contributed by atoms with Gasteiger partial charge in [-0.1, -0.05) is 55.4 Å². The van der Waals surface area contributed by atoms with E-state index in [4.69, 9.17) is 9.73 Å². The van der Waals surface area contributed by atoms with E-state index in [-0.39, 0.29) is 17.9 Å². The lowest BCUT2D eigenvalue weighted by Crippen LogP contribution is -2.41. The maximum Gasteiger partial charge on any atom is 0.338 e. The first-order valence-corrected chi connectivity index (χ1v) is 12.2. The number of piperidine rings is 1. The van der Waals surface area contributed by atoms with Crippen LogP contribution < -0.4 is 0 Å². The molecule has 0 N–H and O–H groups in total. The molecule has 1 aromatic carbocycles. The number of allylic oxidation sites excluding steroid dienone is 1. The molecule has 1 unspecified atom stereocenters. The summed E-state index contributed by atoms with van der Waals surface area (Å²) in [5.41, 5.74) is 4.30. The predicted octanol–water partition coefficient (Wildman–Crippen LogP) is 4.78. The Morgan fingerprint density at radius 2 is 2.00 bits per heavy atom. The highest BCUT2D eigenvalue weighted by molar-refractivity contribution is 8.16. The molecule has 1 amide bonds. The Morgan fingerprint density at radius 1 is 1.25 bits per heavy atom. The van der Waals surface area contributed by atoms with Crippen LogP contribution in [0, 0.1) is 12.8 Å². The molecule has 170 valence electrons. The van der Waals surface area contributed by atoms with Gasteiger partial charge in [0.25, 0.3) is 0 Å². The van der Waals surface area contributed by atoms with Gasteiger partial charge in [0, 0.05) is 18.8 Å². The summed E-state index contributed by atoms with van der Waals surface area (Å²) < 4.78 is 5.18. The number of aliphatic imine (C=N–C) groups is 1. The summed E-state index contributed by atoms with van der Waals surface area (Å²) in [4.78, 5) is 34.9. The van der Waals surface area contributed by atoms with Crippen LogP contribution in [-0.2, 0) is 14.3 Å². The zero-order valence-electron chi connectivity index (χ0n) is 19.3. The van der Waals surface area contributed by atoms with Crippen molar-refractivity contribution in [3.8, 4) is 0 Å².